The Morgan fingerprint density at radius 1 is 1.21 bits per heavy atom. The number of hydrogen-bond acceptors (Lipinski definition) is 6. The Balaban J connectivity index is 2.56. The maximum absolute atomic E-state index is 12.1. The predicted molar refractivity (Wildman–Crippen MR) is 104 cm³/mol. The third kappa shape index (κ3) is 7.58. The largest absolute Gasteiger partial charge is 0.493 e. The Morgan fingerprint density at radius 3 is 2.54 bits per heavy atom. The minimum atomic E-state index is -0.826. The first-order valence-electron chi connectivity index (χ1n) is 9.01. The molecule has 8 nitrogen and oxygen atoms in total. The number of benzene rings is 1. The Morgan fingerprint density at radius 2 is 1.93 bits per heavy atom. The summed E-state index contributed by atoms with van der Waals surface area (Å²) in [5, 5.41) is 23.5. The smallest absolute Gasteiger partial charge is 0.303 e. The predicted octanol–water partition coefficient (Wildman–Crippen LogP) is 2.52. The second-order valence-corrected chi connectivity index (χ2v) is 6.13. The summed E-state index contributed by atoms with van der Waals surface area (Å²) in [6.45, 7) is 2.29. The van der Waals surface area contributed by atoms with E-state index in [9.17, 15) is 14.9 Å². The summed E-state index contributed by atoms with van der Waals surface area (Å²) in [4.78, 5) is 22.5. The summed E-state index contributed by atoms with van der Waals surface area (Å²) < 4.78 is 10.5. The average Bonchev–Trinajstić information content (AvgIpc) is 2.69. The van der Waals surface area contributed by atoms with Gasteiger partial charge in [0, 0.05) is 25.2 Å². The second-order valence-electron chi connectivity index (χ2n) is 6.13. The van der Waals surface area contributed by atoms with Gasteiger partial charge in [0.1, 0.15) is 11.6 Å². The van der Waals surface area contributed by atoms with Crippen molar-refractivity contribution in [2.24, 2.45) is 0 Å². The van der Waals surface area contributed by atoms with Crippen LogP contribution in [0.25, 0.3) is 0 Å². The van der Waals surface area contributed by atoms with Crippen LogP contribution in [0.2, 0.25) is 0 Å². The molecule has 28 heavy (non-hydrogen) atoms. The van der Waals surface area contributed by atoms with E-state index in [1.165, 1.54) is 6.20 Å². The number of unbranched alkanes of at least 4 members (excludes halogenated alkanes) is 2. The first-order chi connectivity index (χ1) is 13.4. The van der Waals surface area contributed by atoms with Gasteiger partial charge in [-0.3, -0.25) is 9.59 Å². The van der Waals surface area contributed by atoms with Crippen LogP contribution in [0.15, 0.2) is 30.0 Å². The van der Waals surface area contributed by atoms with Crippen LogP contribution in [0.5, 0.6) is 11.5 Å². The van der Waals surface area contributed by atoms with E-state index in [2.05, 4.69) is 10.6 Å². The molecule has 0 bridgehead atoms. The summed E-state index contributed by atoms with van der Waals surface area (Å²) in [7, 11) is 3.12. The SMILES string of the molecule is COc1ccc(C(C)N/C=C(/C#N)C(=O)NCCCCCC(=O)O)cc1OC. The van der Waals surface area contributed by atoms with E-state index in [-0.39, 0.29) is 18.0 Å². The molecular formula is C20H27N3O5. The monoisotopic (exact) mass is 389 g/mol. The van der Waals surface area contributed by atoms with E-state index in [0.29, 0.717) is 37.3 Å². The van der Waals surface area contributed by atoms with Crippen molar-refractivity contribution >= 4 is 11.9 Å². The van der Waals surface area contributed by atoms with Gasteiger partial charge in [0.05, 0.1) is 14.2 Å². The highest BCUT2D eigenvalue weighted by molar-refractivity contribution is 5.97. The minimum absolute atomic E-state index is 0.0298. The highest BCUT2D eigenvalue weighted by atomic mass is 16.5. The molecule has 1 aromatic carbocycles. The number of nitrogens with zero attached hydrogens (tertiary/aromatic N) is 1. The van der Waals surface area contributed by atoms with Crippen molar-refractivity contribution in [2.75, 3.05) is 20.8 Å². The molecule has 0 spiro atoms. The quantitative estimate of drug-likeness (QED) is 0.285. The molecule has 1 amide bonds. The standard InChI is InChI=1S/C20H27N3O5/c1-14(15-8-9-17(27-2)18(11-15)28-3)23-13-16(12-21)20(26)22-10-6-4-5-7-19(24)25/h8-9,11,13-14,23H,4-7,10H2,1-3H3,(H,22,26)(H,24,25)/b16-13-. The van der Waals surface area contributed by atoms with Gasteiger partial charge >= 0.3 is 5.97 Å². The summed E-state index contributed by atoms with van der Waals surface area (Å²) >= 11 is 0. The zero-order valence-corrected chi connectivity index (χ0v) is 16.4. The van der Waals surface area contributed by atoms with Crippen LogP contribution in [0.1, 0.15) is 44.2 Å². The van der Waals surface area contributed by atoms with Gasteiger partial charge in [0.25, 0.3) is 5.91 Å². The van der Waals surface area contributed by atoms with Crippen LogP contribution < -0.4 is 20.1 Å². The summed E-state index contributed by atoms with van der Waals surface area (Å²) in [6.07, 6.45) is 3.44. The van der Waals surface area contributed by atoms with E-state index in [4.69, 9.17) is 14.6 Å². The molecule has 1 rings (SSSR count). The third-order valence-electron chi connectivity index (χ3n) is 4.10. The molecule has 0 saturated carbocycles. The number of aliphatic carboxylic acids is 1. The number of methoxy groups -OCH3 is 2. The molecule has 0 fully saturated rings. The molecule has 3 N–H and O–H groups in total. The van der Waals surface area contributed by atoms with Gasteiger partial charge in [-0.05, 0) is 37.5 Å². The Kier molecular flexibility index (Phi) is 9.97. The van der Waals surface area contributed by atoms with Gasteiger partial charge in [0.2, 0.25) is 0 Å². The van der Waals surface area contributed by atoms with Gasteiger partial charge in [-0.2, -0.15) is 5.26 Å². The third-order valence-corrected chi connectivity index (χ3v) is 4.10. The zero-order chi connectivity index (χ0) is 20.9. The summed E-state index contributed by atoms with van der Waals surface area (Å²) in [6, 6.07) is 7.21. The number of carbonyl (C=O) groups is 2. The lowest BCUT2D eigenvalue weighted by Gasteiger charge is -2.15. The van der Waals surface area contributed by atoms with Gasteiger partial charge < -0.3 is 25.2 Å². The van der Waals surface area contributed by atoms with Crippen LogP contribution >= 0.6 is 0 Å². The Bertz CT molecular complexity index is 740. The second kappa shape index (κ2) is 12.2. The van der Waals surface area contributed by atoms with Crippen LogP contribution in [0, 0.1) is 11.3 Å². The fourth-order valence-corrected chi connectivity index (χ4v) is 2.45. The number of carbonyl (C=O) groups excluding carboxylic acids is 1. The molecule has 0 aliphatic carbocycles. The number of amides is 1. The maximum atomic E-state index is 12.1. The van der Waals surface area contributed by atoms with Crippen LogP contribution in [0.3, 0.4) is 0 Å². The van der Waals surface area contributed by atoms with E-state index < -0.39 is 11.9 Å². The molecule has 0 aliphatic heterocycles. The molecule has 152 valence electrons. The molecular weight excluding hydrogens is 362 g/mol. The summed E-state index contributed by atoms with van der Waals surface area (Å²) in [5.74, 6) is -0.0747. The van der Waals surface area contributed by atoms with Gasteiger partial charge in [-0.25, -0.2) is 0 Å². The molecule has 1 unspecified atom stereocenters. The van der Waals surface area contributed by atoms with Crippen molar-refractivity contribution in [1.29, 1.82) is 5.26 Å². The lowest BCUT2D eigenvalue weighted by atomic mass is 10.1. The Labute approximate surface area is 165 Å². The molecule has 0 saturated heterocycles. The normalized spacial score (nSPS) is 11.9. The molecule has 8 heteroatoms. The first-order valence-corrected chi connectivity index (χ1v) is 9.01. The lowest BCUT2D eigenvalue weighted by molar-refractivity contribution is -0.137. The number of rotatable bonds is 12. The molecule has 0 aromatic heterocycles. The van der Waals surface area contributed by atoms with Crippen LogP contribution in [-0.4, -0.2) is 37.7 Å². The first kappa shape index (κ1) is 22.8. The molecule has 1 aromatic rings. The number of nitriles is 1. The number of ether oxygens (including phenoxy) is 2. The van der Waals surface area contributed by atoms with Crippen molar-refractivity contribution in [2.45, 2.75) is 38.6 Å². The van der Waals surface area contributed by atoms with Gasteiger partial charge in [-0.1, -0.05) is 12.5 Å². The number of nitrogens with one attached hydrogen (secondary N) is 2. The fraction of sp³-hybridized carbons (Fsp3) is 0.450. The van der Waals surface area contributed by atoms with Crippen molar-refractivity contribution in [3.63, 3.8) is 0 Å². The maximum Gasteiger partial charge on any atom is 0.303 e. The number of hydrogen-bond donors (Lipinski definition) is 3. The topological polar surface area (TPSA) is 121 Å². The fourth-order valence-electron chi connectivity index (χ4n) is 2.45. The van der Waals surface area contributed by atoms with E-state index in [1.807, 2.05) is 25.1 Å². The minimum Gasteiger partial charge on any atom is -0.493 e. The lowest BCUT2D eigenvalue weighted by Crippen LogP contribution is -2.27. The number of carboxylic acid groups (broad SMARTS) is 1. The van der Waals surface area contributed by atoms with Gasteiger partial charge in [-0.15, -0.1) is 0 Å². The van der Waals surface area contributed by atoms with Crippen molar-refractivity contribution < 1.29 is 24.2 Å². The van der Waals surface area contributed by atoms with E-state index in [0.717, 1.165) is 5.56 Å². The summed E-state index contributed by atoms with van der Waals surface area (Å²) in [5.41, 5.74) is 0.878. The van der Waals surface area contributed by atoms with E-state index >= 15 is 0 Å². The highest BCUT2D eigenvalue weighted by Crippen LogP contribution is 2.29. The molecule has 0 radical (unpaired) electrons. The highest BCUT2D eigenvalue weighted by Gasteiger charge is 2.12. The zero-order valence-electron chi connectivity index (χ0n) is 16.4. The molecule has 0 aliphatic rings. The van der Waals surface area contributed by atoms with Crippen molar-refractivity contribution in [1.82, 2.24) is 10.6 Å². The molecule has 0 heterocycles. The van der Waals surface area contributed by atoms with Crippen LogP contribution in [-0.2, 0) is 9.59 Å². The van der Waals surface area contributed by atoms with E-state index in [1.54, 1.807) is 20.3 Å². The van der Waals surface area contributed by atoms with Crippen molar-refractivity contribution in [3.8, 4) is 17.6 Å². The Hall–Kier alpha value is -3.21. The van der Waals surface area contributed by atoms with Crippen LogP contribution in [0.4, 0.5) is 0 Å². The van der Waals surface area contributed by atoms with Gasteiger partial charge in [0.15, 0.2) is 11.5 Å². The van der Waals surface area contributed by atoms with Crippen molar-refractivity contribution in [3.05, 3.63) is 35.5 Å². The molecule has 1 atom stereocenters. The average molecular weight is 389 g/mol. The number of carboxylic acids is 1.